The van der Waals surface area contributed by atoms with Gasteiger partial charge in [0.05, 0.1) is 17.5 Å². The van der Waals surface area contributed by atoms with Crippen molar-refractivity contribution in [3.63, 3.8) is 0 Å². The van der Waals surface area contributed by atoms with Gasteiger partial charge in [-0.25, -0.2) is 12.8 Å². The van der Waals surface area contributed by atoms with Gasteiger partial charge in [-0.3, -0.25) is 4.79 Å². The molecule has 0 radical (unpaired) electrons. The monoisotopic (exact) mass is 384 g/mol. The summed E-state index contributed by atoms with van der Waals surface area (Å²) in [6.07, 6.45) is 2.03. The molecular weight excluding hydrogens is 363 g/mol. The van der Waals surface area contributed by atoms with E-state index in [1.807, 2.05) is 6.92 Å². The number of halogens is 1. The van der Waals surface area contributed by atoms with E-state index in [0.717, 1.165) is 12.8 Å². The number of hydrogen-bond acceptors (Lipinski definition) is 4. The van der Waals surface area contributed by atoms with E-state index in [0.29, 0.717) is 22.8 Å². The summed E-state index contributed by atoms with van der Waals surface area (Å²) < 4.78 is 38.0. The molecule has 5 nitrogen and oxygen atoms in total. The van der Waals surface area contributed by atoms with E-state index in [2.05, 4.69) is 4.99 Å². The van der Waals surface area contributed by atoms with Crippen LogP contribution in [0, 0.1) is 12.7 Å². The number of nitrogens with zero attached hydrogens (tertiary/aromatic N) is 2. The molecule has 0 N–H and O–H groups in total. The van der Waals surface area contributed by atoms with Crippen LogP contribution in [0.5, 0.6) is 0 Å². The topological polar surface area (TPSA) is 66.8 Å². The molecule has 2 fully saturated rings. The maximum Gasteiger partial charge on any atom is 0.248 e. The highest BCUT2D eigenvalue weighted by atomic mass is 32.2. The van der Waals surface area contributed by atoms with Crippen LogP contribution in [0.15, 0.2) is 23.2 Å². The second kappa shape index (κ2) is 7.07. The number of anilines is 1. The highest BCUT2D eigenvalue weighted by Gasteiger charge is 2.49. The molecule has 25 heavy (non-hydrogen) atoms. The van der Waals surface area contributed by atoms with Crippen LogP contribution in [0.3, 0.4) is 0 Å². The number of sulfone groups is 1. The quantitative estimate of drug-likeness (QED) is 0.798. The molecule has 1 aromatic rings. The van der Waals surface area contributed by atoms with Crippen molar-refractivity contribution in [3.05, 3.63) is 29.6 Å². The van der Waals surface area contributed by atoms with Crippen molar-refractivity contribution < 1.29 is 17.6 Å². The molecule has 1 aromatic carbocycles. The first-order chi connectivity index (χ1) is 11.8. The molecule has 136 valence electrons. The van der Waals surface area contributed by atoms with E-state index < -0.39 is 9.84 Å². The number of carbonyl (C=O) groups is 1. The van der Waals surface area contributed by atoms with Gasteiger partial charge < -0.3 is 4.90 Å². The lowest BCUT2D eigenvalue weighted by molar-refractivity contribution is -0.117. The summed E-state index contributed by atoms with van der Waals surface area (Å²) in [7, 11) is -3.13. The van der Waals surface area contributed by atoms with Gasteiger partial charge in [0.1, 0.15) is 5.82 Å². The molecule has 2 atom stereocenters. The summed E-state index contributed by atoms with van der Waals surface area (Å²) in [5.74, 6) is -0.509. The third-order valence-electron chi connectivity index (χ3n) is 4.46. The smallest absolute Gasteiger partial charge is 0.248 e. The Hall–Kier alpha value is -1.41. The average molecular weight is 384 g/mol. The number of amides is 1. The molecule has 8 heteroatoms. The van der Waals surface area contributed by atoms with E-state index >= 15 is 0 Å². The molecule has 2 aliphatic rings. The van der Waals surface area contributed by atoms with Crippen LogP contribution in [0.1, 0.15) is 31.7 Å². The van der Waals surface area contributed by atoms with Crippen molar-refractivity contribution in [3.8, 4) is 0 Å². The predicted molar refractivity (Wildman–Crippen MR) is 99.4 cm³/mol. The van der Waals surface area contributed by atoms with Gasteiger partial charge in [0, 0.05) is 17.4 Å². The van der Waals surface area contributed by atoms with E-state index in [9.17, 15) is 17.6 Å². The first-order valence-electron chi connectivity index (χ1n) is 8.34. The number of hydrogen-bond donors (Lipinski definition) is 0. The lowest BCUT2D eigenvalue weighted by Crippen LogP contribution is -2.37. The number of unbranched alkanes of at least 4 members (excludes halogenated alkanes) is 1. The van der Waals surface area contributed by atoms with Gasteiger partial charge in [-0.2, -0.15) is 4.99 Å². The maximum absolute atomic E-state index is 14.0. The summed E-state index contributed by atoms with van der Waals surface area (Å²) in [6, 6.07) is 4.48. The standard InChI is InChI=1S/C17H21FN2O3S2/c1-3-4-5-16(21)19-17-20(12-7-6-11(2)13(18)8-12)14-9-25(22,23)10-15(14)24-17/h6-8,14-15H,3-5,9-10H2,1-2H3/t14-,15-/m1/s1. The van der Waals surface area contributed by atoms with Gasteiger partial charge in [0.2, 0.25) is 5.91 Å². The fourth-order valence-electron chi connectivity index (χ4n) is 3.09. The highest BCUT2D eigenvalue weighted by molar-refractivity contribution is 8.16. The minimum absolute atomic E-state index is 0.00231. The van der Waals surface area contributed by atoms with Crippen LogP contribution >= 0.6 is 11.8 Å². The second-order valence-electron chi connectivity index (χ2n) is 6.50. The van der Waals surface area contributed by atoms with Crippen LogP contribution < -0.4 is 4.90 Å². The molecular formula is C17H21FN2O3S2. The van der Waals surface area contributed by atoms with Crippen molar-refractivity contribution in [2.75, 3.05) is 16.4 Å². The third kappa shape index (κ3) is 3.89. The normalized spacial score (nSPS) is 26.2. The number of fused-ring (bicyclic) bond motifs is 1. The molecule has 2 heterocycles. The number of amidine groups is 1. The Morgan fingerprint density at radius 2 is 2.16 bits per heavy atom. The molecule has 1 amide bonds. The van der Waals surface area contributed by atoms with Crippen molar-refractivity contribution in [1.29, 1.82) is 0 Å². The van der Waals surface area contributed by atoms with E-state index in [1.165, 1.54) is 17.8 Å². The molecule has 3 rings (SSSR count). The number of benzene rings is 1. The minimum atomic E-state index is -3.13. The molecule has 0 bridgehead atoms. The van der Waals surface area contributed by atoms with Crippen molar-refractivity contribution in [2.45, 2.75) is 44.4 Å². The Bertz CT molecular complexity index is 823. The van der Waals surface area contributed by atoms with Gasteiger partial charge in [-0.15, -0.1) is 0 Å². The maximum atomic E-state index is 14.0. The zero-order valence-electron chi connectivity index (χ0n) is 14.2. The number of thioether (sulfide) groups is 1. The van der Waals surface area contributed by atoms with Crippen LogP contribution in [0.4, 0.5) is 10.1 Å². The Labute approximate surface area is 151 Å². The van der Waals surface area contributed by atoms with E-state index in [1.54, 1.807) is 24.0 Å². The first-order valence-corrected chi connectivity index (χ1v) is 11.0. The van der Waals surface area contributed by atoms with Gasteiger partial charge in [-0.05, 0) is 31.0 Å². The van der Waals surface area contributed by atoms with Crippen molar-refractivity contribution in [1.82, 2.24) is 0 Å². The summed E-state index contributed by atoms with van der Waals surface area (Å²) in [4.78, 5) is 18.0. The molecule has 0 aromatic heterocycles. The highest BCUT2D eigenvalue weighted by Crippen LogP contribution is 2.41. The zero-order valence-corrected chi connectivity index (χ0v) is 15.9. The Morgan fingerprint density at radius 1 is 1.40 bits per heavy atom. The minimum Gasteiger partial charge on any atom is -0.315 e. The molecule has 2 saturated heterocycles. The summed E-state index contributed by atoms with van der Waals surface area (Å²) in [5, 5.41) is 0.307. The van der Waals surface area contributed by atoms with E-state index in [4.69, 9.17) is 0 Å². The number of aliphatic imine (C=N–C) groups is 1. The Morgan fingerprint density at radius 3 is 2.84 bits per heavy atom. The SMILES string of the molecule is CCCCC(=O)N=C1S[C@@H]2CS(=O)(=O)C[C@H]2N1c1ccc(C)c(F)c1. The molecule has 0 spiro atoms. The lowest BCUT2D eigenvalue weighted by atomic mass is 10.1. The third-order valence-corrected chi connectivity index (χ3v) is 7.67. The van der Waals surface area contributed by atoms with Gasteiger partial charge in [0.25, 0.3) is 0 Å². The molecule has 0 unspecified atom stereocenters. The Balaban J connectivity index is 1.96. The van der Waals surface area contributed by atoms with Gasteiger partial charge in [-0.1, -0.05) is 31.2 Å². The Kier molecular flexibility index (Phi) is 5.20. The fourth-order valence-corrected chi connectivity index (χ4v) is 7.02. The molecule has 0 aliphatic carbocycles. The largest absolute Gasteiger partial charge is 0.315 e. The number of carbonyl (C=O) groups excluding carboxylic acids is 1. The van der Waals surface area contributed by atoms with E-state index in [-0.39, 0.29) is 34.5 Å². The van der Waals surface area contributed by atoms with Crippen molar-refractivity contribution >= 4 is 38.4 Å². The van der Waals surface area contributed by atoms with Gasteiger partial charge >= 0.3 is 0 Å². The predicted octanol–water partition coefficient (Wildman–Crippen LogP) is 2.93. The fraction of sp³-hybridized carbons (Fsp3) is 0.529. The molecule has 2 aliphatic heterocycles. The van der Waals surface area contributed by atoms with Crippen LogP contribution in [0.25, 0.3) is 0 Å². The number of rotatable bonds is 4. The van der Waals surface area contributed by atoms with Crippen LogP contribution in [0.2, 0.25) is 0 Å². The van der Waals surface area contributed by atoms with Gasteiger partial charge in [0.15, 0.2) is 15.0 Å². The summed E-state index contributed by atoms with van der Waals surface area (Å²) >= 11 is 1.31. The lowest BCUT2D eigenvalue weighted by Gasteiger charge is -2.24. The summed E-state index contributed by atoms with van der Waals surface area (Å²) in [6.45, 7) is 3.67. The van der Waals surface area contributed by atoms with Crippen molar-refractivity contribution in [2.24, 2.45) is 4.99 Å². The zero-order chi connectivity index (χ0) is 18.2. The molecule has 0 saturated carbocycles. The average Bonchev–Trinajstić information content (AvgIpc) is 2.99. The summed E-state index contributed by atoms with van der Waals surface area (Å²) in [5.41, 5.74) is 1.06. The van der Waals surface area contributed by atoms with Crippen LogP contribution in [-0.4, -0.2) is 42.3 Å². The number of aryl methyl sites for hydroxylation is 1. The second-order valence-corrected chi connectivity index (χ2v) is 9.86. The van der Waals surface area contributed by atoms with Crippen LogP contribution in [-0.2, 0) is 14.6 Å². The first kappa shape index (κ1) is 18.4.